The third-order valence-electron chi connectivity index (χ3n) is 4.73. The summed E-state index contributed by atoms with van der Waals surface area (Å²) in [5, 5.41) is 18.5. The largest absolute Gasteiger partial charge is 0.481 e. The summed E-state index contributed by atoms with van der Waals surface area (Å²) in [6, 6.07) is 0. The van der Waals surface area contributed by atoms with Crippen LogP contribution in [0.15, 0.2) is 9.98 Å². The zero-order valence-electron chi connectivity index (χ0n) is 15.5. The quantitative estimate of drug-likeness (QED) is 0.455. The van der Waals surface area contributed by atoms with Crippen molar-refractivity contribution < 1.29 is 19.8 Å². The van der Waals surface area contributed by atoms with Gasteiger partial charge in [-0.2, -0.15) is 0 Å². The highest BCUT2D eigenvalue weighted by atomic mass is 16.4. The van der Waals surface area contributed by atoms with Crippen LogP contribution in [0.4, 0.5) is 0 Å². The van der Waals surface area contributed by atoms with Gasteiger partial charge in [-0.05, 0) is 19.8 Å². The number of carboxylic acid groups (broad SMARTS) is 2. The van der Waals surface area contributed by atoms with Crippen LogP contribution in [0.5, 0.6) is 0 Å². The van der Waals surface area contributed by atoms with E-state index < -0.39 is 29.9 Å². The number of carboxylic acids is 2. The van der Waals surface area contributed by atoms with Gasteiger partial charge in [0.2, 0.25) is 0 Å². The Bertz CT molecular complexity index is 502. The smallest absolute Gasteiger partial charge is 0.311 e. The number of aliphatic imine (C=N–C) groups is 2. The molecule has 0 aromatic rings. The van der Waals surface area contributed by atoms with Gasteiger partial charge in [-0.15, -0.1) is 0 Å². The lowest BCUT2D eigenvalue weighted by molar-refractivity contribution is -0.150. The fourth-order valence-corrected chi connectivity index (χ4v) is 3.35. The monoisotopic (exact) mass is 352 g/mol. The summed E-state index contributed by atoms with van der Waals surface area (Å²) in [5.41, 5.74) is -0.484. The molecule has 2 N–H and O–H groups in total. The van der Waals surface area contributed by atoms with E-state index >= 15 is 0 Å². The Morgan fingerprint density at radius 3 is 2.04 bits per heavy atom. The molecule has 1 aliphatic rings. The first-order valence-electron chi connectivity index (χ1n) is 9.47. The fraction of sp³-hybridized carbons (Fsp3) is 0.789. The lowest BCUT2D eigenvalue weighted by atomic mass is 9.86. The molecule has 1 heterocycles. The lowest BCUT2D eigenvalue weighted by Crippen LogP contribution is -2.39. The molecule has 0 aliphatic carbocycles. The molecule has 0 aromatic carbocycles. The third-order valence-corrected chi connectivity index (χ3v) is 4.73. The highest BCUT2D eigenvalue weighted by Crippen LogP contribution is 2.35. The summed E-state index contributed by atoms with van der Waals surface area (Å²) in [6.07, 6.45) is 12.1. The molecule has 1 aliphatic heterocycles. The van der Waals surface area contributed by atoms with Crippen LogP contribution in [-0.2, 0) is 9.59 Å². The molecule has 1 rings (SSSR count). The Labute approximate surface area is 150 Å². The van der Waals surface area contributed by atoms with Crippen molar-refractivity contribution in [2.75, 3.05) is 0 Å². The van der Waals surface area contributed by atoms with E-state index in [9.17, 15) is 14.7 Å². The molecule has 0 bridgehead atoms. The van der Waals surface area contributed by atoms with Gasteiger partial charge in [0.1, 0.15) is 5.92 Å². The highest BCUT2D eigenvalue weighted by molar-refractivity contribution is 6.31. The predicted octanol–water partition coefficient (Wildman–Crippen LogP) is 4.32. The summed E-state index contributed by atoms with van der Waals surface area (Å²) in [5.74, 6) is -3.39. The van der Waals surface area contributed by atoms with Crippen LogP contribution in [-0.4, -0.2) is 39.7 Å². The second-order valence-corrected chi connectivity index (χ2v) is 6.96. The van der Waals surface area contributed by atoms with Crippen molar-refractivity contribution in [2.45, 2.75) is 90.1 Å². The van der Waals surface area contributed by atoms with Crippen molar-refractivity contribution in [3.63, 3.8) is 0 Å². The first-order valence-corrected chi connectivity index (χ1v) is 9.47. The van der Waals surface area contributed by atoms with E-state index in [1.807, 2.05) is 0 Å². The van der Waals surface area contributed by atoms with Gasteiger partial charge in [0.25, 0.3) is 0 Å². The second-order valence-electron chi connectivity index (χ2n) is 6.96. The van der Waals surface area contributed by atoms with Crippen LogP contribution >= 0.6 is 0 Å². The average molecular weight is 352 g/mol. The SMILES string of the molecule is CCCCCCCCCCCC1(C(CC(=O)O)C(=O)O)N=CC(C)=N1. The van der Waals surface area contributed by atoms with Gasteiger partial charge in [-0.25, -0.2) is 0 Å². The predicted molar refractivity (Wildman–Crippen MR) is 99.6 cm³/mol. The molecule has 0 saturated heterocycles. The van der Waals surface area contributed by atoms with E-state index in [1.165, 1.54) is 38.5 Å². The van der Waals surface area contributed by atoms with Crippen LogP contribution in [0.25, 0.3) is 0 Å². The van der Waals surface area contributed by atoms with E-state index in [-0.39, 0.29) is 0 Å². The molecule has 142 valence electrons. The number of rotatable bonds is 14. The maximum atomic E-state index is 11.6. The molecular formula is C19H32N2O4. The van der Waals surface area contributed by atoms with E-state index in [2.05, 4.69) is 16.9 Å². The average Bonchev–Trinajstić information content (AvgIpc) is 2.92. The number of hydrogen-bond acceptors (Lipinski definition) is 4. The maximum absolute atomic E-state index is 11.6. The molecule has 0 radical (unpaired) electrons. The molecule has 0 aromatic heterocycles. The van der Waals surface area contributed by atoms with Crippen molar-refractivity contribution in [1.82, 2.24) is 0 Å². The third kappa shape index (κ3) is 7.36. The highest BCUT2D eigenvalue weighted by Gasteiger charge is 2.45. The van der Waals surface area contributed by atoms with Crippen molar-refractivity contribution >= 4 is 23.9 Å². The first kappa shape index (κ1) is 21.3. The number of hydrogen-bond donors (Lipinski definition) is 2. The van der Waals surface area contributed by atoms with Crippen LogP contribution in [0.1, 0.15) is 84.5 Å². The van der Waals surface area contributed by atoms with Crippen LogP contribution in [0.3, 0.4) is 0 Å². The van der Waals surface area contributed by atoms with Gasteiger partial charge in [0.05, 0.1) is 12.1 Å². The molecule has 25 heavy (non-hydrogen) atoms. The molecule has 0 fully saturated rings. The van der Waals surface area contributed by atoms with E-state index in [1.54, 1.807) is 13.1 Å². The molecule has 2 unspecified atom stereocenters. The zero-order valence-corrected chi connectivity index (χ0v) is 15.5. The standard InChI is InChI=1S/C19H32N2O4/c1-3-4-5-6-7-8-9-10-11-12-19(20-14-15(2)21-19)16(18(24)25)13-17(22)23/h14,16H,3-13H2,1-2H3,(H,22,23)(H,24,25). The Kier molecular flexibility index (Phi) is 9.39. The molecule has 6 heteroatoms. The molecule has 2 atom stereocenters. The molecule has 0 spiro atoms. The minimum atomic E-state index is -1.14. The second kappa shape index (κ2) is 11.0. The van der Waals surface area contributed by atoms with Crippen molar-refractivity contribution in [3.05, 3.63) is 0 Å². The molecule has 0 amide bonds. The van der Waals surface area contributed by atoms with Crippen LogP contribution < -0.4 is 0 Å². The normalized spacial score (nSPS) is 20.5. The van der Waals surface area contributed by atoms with Gasteiger partial charge < -0.3 is 10.2 Å². The van der Waals surface area contributed by atoms with Crippen LogP contribution in [0, 0.1) is 5.92 Å². The fourth-order valence-electron chi connectivity index (χ4n) is 3.35. The Morgan fingerprint density at radius 1 is 1.04 bits per heavy atom. The lowest BCUT2D eigenvalue weighted by Gasteiger charge is -2.29. The summed E-state index contributed by atoms with van der Waals surface area (Å²) in [4.78, 5) is 31.4. The zero-order chi connectivity index (χ0) is 18.7. The summed E-state index contributed by atoms with van der Waals surface area (Å²) in [7, 11) is 0. The van der Waals surface area contributed by atoms with Crippen molar-refractivity contribution in [1.29, 1.82) is 0 Å². The van der Waals surface area contributed by atoms with Gasteiger partial charge in [0, 0.05) is 6.21 Å². The van der Waals surface area contributed by atoms with Crippen molar-refractivity contribution in [2.24, 2.45) is 15.9 Å². The van der Waals surface area contributed by atoms with Gasteiger partial charge in [-0.3, -0.25) is 19.6 Å². The minimum Gasteiger partial charge on any atom is -0.481 e. The topological polar surface area (TPSA) is 99.3 Å². The summed E-state index contributed by atoms with van der Waals surface area (Å²) < 4.78 is 0. The van der Waals surface area contributed by atoms with Crippen molar-refractivity contribution in [3.8, 4) is 0 Å². The van der Waals surface area contributed by atoms with Crippen LogP contribution in [0.2, 0.25) is 0 Å². The molecule has 6 nitrogen and oxygen atoms in total. The maximum Gasteiger partial charge on any atom is 0.311 e. The van der Waals surface area contributed by atoms with E-state index in [0.29, 0.717) is 12.1 Å². The van der Waals surface area contributed by atoms with E-state index in [0.717, 1.165) is 19.3 Å². The Morgan fingerprint density at radius 2 is 1.60 bits per heavy atom. The van der Waals surface area contributed by atoms with Gasteiger partial charge in [-0.1, -0.05) is 58.3 Å². The minimum absolute atomic E-state index is 0.457. The Balaban J connectivity index is 2.48. The summed E-state index contributed by atoms with van der Waals surface area (Å²) in [6.45, 7) is 3.97. The van der Waals surface area contributed by atoms with E-state index in [4.69, 9.17) is 5.11 Å². The molecule has 0 saturated carbocycles. The first-order chi connectivity index (χ1) is 11.9. The van der Waals surface area contributed by atoms with Gasteiger partial charge in [0.15, 0.2) is 5.66 Å². The summed E-state index contributed by atoms with van der Waals surface area (Å²) >= 11 is 0. The number of nitrogens with zero attached hydrogens (tertiary/aromatic N) is 2. The number of unbranched alkanes of at least 4 members (excludes halogenated alkanes) is 8. The Hall–Kier alpha value is -1.72. The number of aliphatic carboxylic acids is 2. The van der Waals surface area contributed by atoms with Gasteiger partial charge >= 0.3 is 11.9 Å². The number of carbonyl (C=O) groups is 2. The molecular weight excluding hydrogens is 320 g/mol.